The van der Waals surface area contributed by atoms with Crippen molar-refractivity contribution in [1.29, 1.82) is 5.26 Å². The third-order valence-electron chi connectivity index (χ3n) is 3.01. The number of hydrogen-bond donors (Lipinski definition) is 1. The number of rotatable bonds is 6. The Kier molecular flexibility index (Phi) is 6.15. The van der Waals surface area contributed by atoms with E-state index < -0.39 is 0 Å². The fraction of sp³-hybridized carbons (Fsp3) is 0.235. The average Bonchev–Trinajstić information content (AvgIpc) is 2.54. The molecule has 2 rings (SSSR count). The number of aryl methyl sites for hydroxylation is 1. The van der Waals surface area contributed by atoms with Crippen molar-refractivity contribution in [2.45, 2.75) is 18.6 Å². The summed E-state index contributed by atoms with van der Waals surface area (Å²) in [6.07, 6.45) is 0. The van der Waals surface area contributed by atoms with Crippen LogP contribution >= 0.6 is 11.8 Å². The number of aromatic nitrogens is 1. The molecule has 0 fully saturated rings. The maximum absolute atomic E-state index is 12.0. The van der Waals surface area contributed by atoms with Gasteiger partial charge in [0.2, 0.25) is 5.91 Å². The summed E-state index contributed by atoms with van der Waals surface area (Å²) < 4.78 is 5.12. The first kappa shape index (κ1) is 17.0. The molecule has 1 N–H and O–H groups in total. The molecule has 118 valence electrons. The molecule has 0 aliphatic heterocycles. The number of carbonyl (C=O) groups is 1. The molecule has 0 bridgehead atoms. The van der Waals surface area contributed by atoms with E-state index in [1.54, 1.807) is 7.11 Å². The van der Waals surface area contributed by atoms with Crippen molar-refractivity contribution in [3.8, 4) is 6.07 Å². The van der Waals surface area contributed by atoms with Crippen molar-refractivity contribution in [2.24, 2.45) is 0 Å². The van der Waals surface area contributed by atoms with Crippen LogP contribution in [0.2, 0.25) is 0 Å². The molecule has 1 heterocycles. The summed E-state index contributed by atoms with van der Waals surface area (Å²) in [6.45, 7) is 2.20. The predicted molar refractivity (Wildman–Crippen MR) is 90.2 cm³/mol. The highest BCUT2D eigenvalue weighted by molar-refractivity contribution is 8.00. The Morgan fingerprint density at radius 2 is 2.13 bits per heavy atom. The summed E-state index contributed by atoms with van der Waals surface area (Å²) in [5.74, 6) is 0.0496. The van der Waals surface area contributed by atoms with Gasteiger partial charge >= 0.3 is 0 Å². The normalized spacial score (nSPS) is 10.1. The van der Waals surface area contributed by atoms with Crippen LogP contribution in [0.3, 0.4) is 0 Å². The van der Waals surface area contributed by atoms with Gasteiger partial charge in [0, 0.05) is 18.5 Å². The van der Waals surface area contributed by atoms with Crippen molar-refractivity contribution in [3.63, 3.8) is 0 Å². The summed E-state index contributed by atoms with van der Waals surface area (Å²) in [5.41, 5.74) is 2.79. The van der Waals surface area contributed by atoms with Crippen LogP contribution in [0.5, 0.6) is 0 Å². The molecule has 1 amide bonds. The molecule has 0 saturated heterocycles. The minimum absolute atomic E-state index is 0.137. The average molecular weight is 327 g/mol. The number of nitriles is 1. The molecule has 0 saturated carbocycles. The Balaban J connectivity index is 2.08. The number of nitrogens with zero attached hydrogens (tertiary/aromatic N) is 2. The van der Waals surface area contributed by atoms with Gasteiger partial charge in [-0.25, -0.2) is 4.98 Å². The molecule has 6 heteroatoms. The lowest BCUT2D eigenvalue weighted by molar-refractivity contribution is -0.113. The van der Waals surface area contributed by atoms with E-state index in [-0.39, 0.29) is 11.7 Å². The number of methoxy groups -OCH3 is 1. The number of benzene rings is 1. The maximum Gasteiger partial charge on any atom is 0.234 e. The summed E-state index contributed by atoms with van der Waals surface area (Å²) in [6, 6.07) is 13.2. The largest absolute Gasteiger partial charge is 0.380 e. The molecular formula is C17H17N3O2S. The quantitative estimate of drug-likeness (QED) is 0.825. The van der Waals surface area contributed by atoms with E-state index in [2.05, 4.69) is 16.4 Å². The Labute approximate surface area is 139 Å². The third-order valence-corrected chi connectivity index (χ3v) is 3.98. The first-order chi connectivity index (χ1) is 11.1. The highest BCUT2D eigenvalue weighted by atomic mass is 32.2. The van der Waals surface area contributed by atoms with Gasteiger partial charge in [-0.15, -0.1) is 0 Å². The number of pyridine rings is 1. The van der Waals surface area contributed by atoms with Crippen LogP contribution < -0.4 is 5.32 Å². The van der Waals surface area contributed by atoms with E-state index >= 15 is 0 Å². The molecule has 1 aromatic heterocycles. The summed E-state index contributed by atoms with van der Waals surface area (Å²) in [5, 5.41) is 12.7. The monoisotopic (exact) mass is 327 g/mol. The van der Waals surface area contributed by atoms with Crippen molar-refractivity contribution < 1.29 is 9.53 Å². The van der Waals surface area contributed by atoms with Crippen LogP contribution in [0.15, 0.2) is 41.4 Å². The zero-order chi connectivity index (χ0) is 16.7. The van der Waals surface area contributed by atoms with Gasteiger partial charge < -0.3 is 10.1 Å². The number of thioether (sulfide) groups is 1. The van der Waals surface area contributed by atoms with Crippen molar-refractivity contribution in [3.05, 3.63) is 53.2 Å². The number of hydrogen-bond acceptors (Lipinski definition) is 5. The molecule has 0 aliphatic carbocycles. The molecule has 23 heavy (non-hydrogen) atoms. The molecule has 0 unspecified atom stereocenters. The SMILES string of the molecule is COCc1cc(C)nc(SCC(=O)Nc2ccccc2)c1C#N. The predicted octanol–water partition coefficient (Wildman–Crippen LogP) is 3.14. The smallest absolute Gasteiger partial charge is 0.234 e. The fourth-order valence-corrected chi connectivity index (χ4v) is 2.93. The second-order valence-electron chi connectivity index (χ2n) is 4.85. The van der Waals surface area contributed by atoms with Crippen LogP contribution in [0.25, 0.3) is 0 Å². The van der Waals surface area contributed by atoms with Gasteiger partial charge in [-0.3, -0.25) is 4.79 Å². The summed E-state index contributed by atoms with van der Waals surface area (Å²) >= 11 is 1.25. The third kappa shape index (κ3) is 4.81. The Hall–Kier alpha value is -2.36. The van der Waals surface area contributed by atoms with Gasteiger partial charge in [0.25, 0.3) is 0 Å². The van der Waals surface area contributed by atoms with Crippen LogP contribution in [-0.4, -0.2) is 23.8 Å². The fourth-order valence-electron chi connectivity index (χ4n) is 2.06. The molecule has 5 nitrogen and oxygen atoms in total. The second kappa shape index (κ2) is 8.32. The molecule has 0 aliphatic rings. The van der Waals surface area contributed by atoms with Gasteiger partial charge in [-0.2, -0.15) is 5.26 Å². The maximum atomic E-state index is 12.0. The minimum atomic E-state index is -0.137. The zero-order valence-corrected chi connectivity index (χ0v) is 13.8. The van der Waals surface area contributed by atoms with Crippen LogP contribution in [0.1, 0.15) is 16.8 Å². The topological polar surface area (TPSA) is 75.0 Å². The van der Waals surface area contributed by atoms with Crippen molar-refractivity contribution >= 4 is 23.4 Å². The number of carbonyl (C=O) groups excluding carboxylic acids is 1. The van der Waals surface area contributed by atoms with E-state index in [9.17, 15) is 10.1 Å². The zero-order valence-electron chi connectivity index (χ0n) is 13.0. The van der Waals surface area contributed by atoms with E-state index in [1.807, 2.05) is 43.3 Å². The number of ether oxygens (including phenoxy) is 1. The molecule has 1 aromatic carbocycles. The first-order valence-corrected chi connectivity index (χ1v) is 8.00. The Morgan fingerprint density at radius 3 is 2.78 bits per heavy atom. The van der Waals surface area contributed by atoms with Crippen LogP contribution in [0, 0.1) is 18.3 Å². The number of nitrogens with one attached hydrogen (secondary N) is 1. The van der Waals surface area contributed by atoms with E-state index in [0.717, 1.165) is 16.9 Å². The van der Waals surface area contributed by atoms with Crippen LogP contribution in [-0.2, 0) is 16.1 Å². The lowest BCUT2D eigenvalue weighted by Crippen LogP contribution is -2.14. The number of para-hydroxylation sites is 1. The van der Waals surface area contributed by atoms with Crippen molar-refractivity contribution in [2.75, 3.05) is 18.2 Å². The lowest BCUT2D eigenvalue weighted by atomic mass is 10.1. The standard InChI is InChI=1S/C17H17N3O2S/c1-12-8-13(10-22-2)15(9-18)17(19-12)23-11-16(21)20-14-6-4-3-5-7-14/h3-8H,10-11H2,1-2H3,(H,20,21). The van der Waals surface area contributed by atoms with E-state index in [0.29, 0.717) is 17.2 Å². The van der Waals surface area contributed by atoms with Crippen molar-refractivity contribution in [1.82, 2.24) is 4.98 Å². The van der Waals surface area contributed by atoms with E-state index in [1.165, 1.54) is 11.8 Å². The minimum Gasteiger partial charge on any atom is -0.380 e. The highest BCUT2D eigenvalue weighted by Gasteiger charge is 2.13. The van der Waals surface area contributed by atoms with Gasteiger partial charge in [-0.1, -0.05) is 30.0 Å². The summed E-state index contributed by atoms with van der Waals surface area (Å²) in [4.78, 5) is 16.4. The van der Waals surface area contributed by atoms with Gasteiger partial charge in [0.15, 0.2) is 0 Å². The first-order valence-electron chi connectivity index (χ1n) is 7.01. The summed E-state index contributed by atoms with van der Waals surface area (Å²) in [7, 11) is 1.58. The highest BCUT2D eigenvalue weighted by Crippen LogP contribution is 2.24. The number of amides is 1. The molecule has 0 spiro atoms. The molecule has 2 aromatic rings. The van der Waals surface area contributed by atoms with Gasteiger partial charge in [-0.05, 0) is 30.7 Å². The molecular weight excluding hydrogens is 310 g/mol. The second-order valence-corrected chi connectivity index (χ2v) is 5.81. The Bertz CT molecular complexity index is 727. The van der Waals surface area contributed by atoms with Gasteiger partial charge in [0.05, 0.1) is 17.9 Å². The lowest BCUT2D eigenvalue weighted by Gasteiger charge is -2.10. The molecule has 0 atom stereocenters. The molecule has 0 radical (unpaired) electrons. The number of anilines is 1. The van der Waals surface area contributed by atoms with Crippen LogP contribution in [0.4, 0.5) is 5.69 Å². The van der Waals surface area contributed by atoms with E-state index in [4.69, 9.17) is 4.74 Å². The Morgan fingerprint density at radius 1 is 1.39 bits per heavy atom. The van der Waals surface area contributed by atoms with Gasteiger partial charge in [0.1, 0.15) is 11.1 Å².